The molecule has 3 aromatic rings. The summed E-state index contributed by atoms with van der Waals surface area (Å²) in [5.74, 6) is 2.10. The summed E-state index contributed by atoms with van der Waals surface area (Å²) < 4.78 is 9.98. The second-order valence-corrected chi connectivity index (χ2v) is 14.5. The summed E-state index contributed by atoms with van der Waals surface area (Å²) in [6, 6.07) is 17.2. The maximum atomic E-state index is 10.7. The number of nitrogens with one attached hydrogen (secondary N) is 1. The Kier molecular flexibility index (Phi) is 10.1. The molecule has 41 heavy (non-hydrogen) atoms. The molecule has 4 rings (SSSR count). The molecule has 1 aliphatic heterocycles. The Bertz CT molecular complexity index is 1290. The molecule has 0 radical (unpaired) electrons. The summed E-state index contributed by atoms with van der Waals surface area (Å²) in [7, 11) is 0. The van der Waals surface area contributed by atoms with Crippen LogP contribution >= 0.6 is 11.9 Å². The number of hydrogen-bond acceptors (Lipinski definition) is 6. The summed E-state index contributed by atoms with van der Waals surface area (Å²) in [6.45, 7) is 17.9. The van der Waals surface area contributed by atoms with Crippen LogP contribution in [0.4, 0.5) is 5.95 Å². The number of aromatic nitrogens is 2. The third-order valence-electron chi connectivity index (χ3n) is 8.43. The van der Waals surface area contributed by atoms with Gasteiger partial charge >= 0.3 is 0 Å². The molecule has 0 saturated heterocycles. The first-order valence-electron chi connectivity index (χ1n) is 15.2. The lowest BCUT2D eigenvalue weighted by Gasteiger charge is -2.34. The number of hydrogen-bond donors (Lipinski definition) is 2. The van der Waals surface area contributed by atoms with Crippen molar-refractivity contribution in [3.63, 3.8) is 0 Å². The fraction of sp³-hybridized carbons (Fsp3) is 0.543. The van der Waals surface area contributed by atoms with E-state index in [1.165, 1.54) is 16.7 Å². The van der Waals surface area contributed by atoms with E-state index in [1.807, 2.05) is 19.9 Å². The molecule has 0 aliphatic carbocycles. The van der Waals surface area contributed by atoms with Gasteiger partial charge in [-0.05, 0) is 105 Å². The molecule has 6 heteroatoms. The van der Waals surface area contributed by atoms with Gasteiger partial charge in [0.25, 0.3) is 0 Å². The van der Waals surface area contributed by atoms with Crippen molar-refractivity contribution in [1.82, 2.24) is 9.97 Å². The highest BCUT2D eigenvalue weighted by atomic mass is 32.2. The van der Waals surface area contributed by atoms with Crippen LogP contribution in [0.25, 0.3) is 11.3 Å². The quantitative estimate of drug-likeness (QED) is 0.261. The number of aryl methyl sites for hydroxylation is 2. The van der Waals surface area contributed by atoms with Gasteiger partial charge in [0.2, 0.25) is 11.8 Å². The molecular weight excluding hydrogens is 526 g/mol. The predicted molar refractivity (Wildman–Crippen MR) is 173 cm³/mol. The Morgan fingerprint density at radius 2 is 1.73 bits per heavy atom. The topological polar surface area (TPSA) is 67.3 Å². The minimum atomic E-state index is -0.657. The van der Waals surface area contributed by atoms with Crippen molar-refractivity contribution in [2.75, 3.05) is 11.3 Å². The number of rotatable bonds is 8. The van der Waals surface area contributed by atoms with Crippen LogP contribution in [0.3, 0.4) is 0 Å². The molecule has 5 nitrogen and oxygen atoms in total. The second kappa shape index (κ2) is 13.2. The SMILES string of the molecule is CCC(CCCC1c2cccc(c2)SNc2nc(cc(-c3c(C)cccc3C)n2)OCC1CC(C)(C)C)C(C)(C)O. The van der Waals surface area contributed by atoms with Crippen LogP contribution in [0.5, 0.6) is 5.88 Å². The predicted octanol–water partition coefficient (Wildman–Crippen LogP) is 9.38. The van der Waals surface area contributed by atoms with Crippen molar-refractivity contribution >= 4 is 17.9 Å². The second-order valence-electron chi connectivity index (χ2n) is 13.6. The number of anilines is 1. The molecule has 4 bridgehead atoms. The molecule has 0 fully saturated rings. The van der Waals surface area contributed by atoms with Gasteiger partial charge in [-0.1, -0.05) is 70.9 Å². The van der Waals surface area contributed by atoms with E-state index in [9.17, 15) is 5.11 Å². The van der Waals surface area contributed by atoms with Crippen LogP contribution in [0.2, 0.25) is 0 Å². The Hall–Kier alpha value is -2.57. The lowest BCUT2D eigenvalue weighted by atomic mass is 9.74. The van der Waals surface area contributed by atoms with Crippen LogP contribution < -0.4 is 9.46 Å². The normalized spacial score (nSPS) is 18.5. The van der Waals surface area contributed by atoms with E-state index in [1.54, 1.807) is 11.9 Å². The van der Waals surface area contributed by atoms with Gasteiger partial charge in [0.15, 0.2) is 0 Å². The smallest absolute Gasteiger partial charge is 0.237 e. The Balaban J connectivity index is 1.71. The average molecular weight is 576 g/mol. The maximum absolute atomic E-state index is 10.7. The van der Waals surface area contributed by atoms with Gasteiger partial charge in [-0.2, -0.15) is 4.98 Å². The fourth-order valence-electron chi connectivity index (χ4n) is 6.42. The molecule has 2 heterocycles. The van der Waals surface area contributed by atoms with Crippen LogP contribution in [0.15, 0.2) is 53.4 Å². The summed E-state index contributed by atoms with van der Waals surface area (Å²) in [5.41, 5.74) is 5.22. The number of ether oxygens (including phenoxy) is 1. The third kappa shape index (κ3) is 8.48. The summed E-state index contributed by atoms with van der Waals surface area (Å²) in [5, 5.41) is 10.7. The van der Waals surface area contributed by atoms with E-state index >= 15 is 0 Å². The largest absolute Gasteiger partial charge is 0.477 e. The number of aliphatic hydroxyl groups is 1. The number of fused-ring (bicyclic) bond motifs is 4. The molecule has 1 aromatic heterocycles. The standard InChI is InChI=1S/C35H49N3O2S/c1-9-27(35(7,8)39)16-12-18-29-25-15-11-17-28(19-25)41-38-33-36-30(32-23(2)13-10-14-24(32)3)20-31(37-33)40-22-26(29)21-34(4,5)6/h10-11,13-15,17,19-20,26-27,29,39H,9,12,16,18,21-22H2,1-8H3,(H,36,37,38). The highest BCUT2D eigenvalue weighted by molar-refractivity contribution is 8.00. The molecule has 2 aromatic carbocycles. The number of benzene rings is 2. The van der Waals surface area contributed by atoms with Gasteiger partial charge < -0.3 is 9.84 Å². The van der Waals surface area contributed by atoms with Crippen LogP contribution in [0.1, 0.15) is 96.3 Å². The van der Waals surface area contributed by atoms with Gasteiger partial charge in [0.05, 0.1) is 17.9 Å². The molecule has 0 saturated carbocycles. The van der Waals surface area contributed by atoms with Crippen molar-refractivity contribution in [2.24, 2.45) is 17.3 Å². The van der Waals surface area contributed by atoms with Gasteiger partial charge in [-0.3, -0.25) is 4.72 Å². The Morgan fingerprint density at radius 1 is 1.02 bits per heavy atom. The van der Waals surface area contributed by atoms with Crippen molar-refractivity contribution in [2.45, 2.75) is 104 Å². The van der Waals surface area contributed by atoms with Crippen molar-refractivity contribution in [3.05, 3.63) is 65.2 Å². The highest BCUT2D eigenvalue weighted by Gasteiger charge is 2.31. The first kappa shape index (κ1) is 31.4. The van der Waals surface area contributed by atoms with Crippen molar-refractivity contribution in [1.29, 1.82) is 0 Å². The van der Waals surface area contributed by atoms with Crippen molar-refractivity contribution in [3.8, 4) is 17.1 Å². The van der Waals surface area contributed by atoms with E-state index in [2.05, 4.69) is 88.7 Å². The molecule has 3 unspecified atom stereocenters. The van der Waals surface area contributed by atoms with E-state index in [0.717, 1.165) is 48.3 Å². The summed E-state index contributed by atoms with van der Waals surface area (Å²) in [6.07, 6.45) is 5.17. The fourth-order valence-corrected chi connectivity index (χ4v) is 7.06. The average Bonchev–Trinajstić information content (AvgIpc) is 2.88. The van der Waals surface area contributed by atoms with E-state index in [-0.39, 0.29) is 5.41 Å². The molecule has 0 amide bonds. The van der Waals surface area contributed by atoms with Gasteiger partial charge in [0, 0.05) is 22.4 Å². The van der Waals surface area contributed by atoms with Gasteiger partial charge in [-0.15, -0.1) is 0 Å². The van der Waals surface area contributed by atoms with Crippen molar-refractivity contribution < 1.29 is 9.84 Å². The monoisotopic (exact) mass is 575 g/mol. The maximum Gasteiger partial charge on any atom is 0.237 e. The minimum Gasteiger partial charge on any atom is -0.477 e. The van der Waals surface area contributed by atoms with Crippen LogP contribution in [-0.2, 0) is 0 Å². The highest BCUT2D eigenvalue weighted by Crippen LogP contribution is 2.41. The van der Waals surface area contributed by atoms with Crippen LogP contribution in [0, 0.1) is 31.1 Å². The zero-order valence-electron chi connectivity index (χ0n) is 26.3. The first-order chi connectivity index (χ1) is 19.3. The first-order valence-corrected chi connectivity index (χ1v) is 16.0. The third-order valence-corrected chi connectivity index (χ3v) is 9.21. The lowest BCUT2D eigenvalue weighted by Crippen LogP contribution is -2.30. The lowest BCUT2D eigenvalue weighted by molar-refractivity contribution is 0.00990. The zero-order chi connectivity index (χ0) is 29.8. The minimum absolute atomic E-state index is 0.149. The summed E-state index contributed by atoms with van der Waals surface area (Å²) >= 11 is 1.55. The van der Waals surface area contributed by atoms with Gasteiger partial charge in [-0.25, -0.2) is 4.98 Å². The molecule has 1 aliphatic rings. The molecule has 3 atom stereocenters. The molecule has 2 N–H and O–H groups in total. The van der Waals surface area contributed by atoms with Gasteiger partial charge in [0.1, 0.15) is 0 Å². The Morgan fingerprint density at radius 3 is 2.39 bits per heavy atom. The van der Waals surface area contributed by atoms with E-state index < -0.39 is 5.60 Å². The molecule has 0 spiro atoms. The Labute approximate surface area is 252 Å². The zero-order valence-corrected chi connectivity index (χ0v) is 27.1. The van der Waals surface area contributed by atoms with Crippen LogP contribution in [-0.4, -0.2) is 27.3 Å². The summed E-state index contributed by atoms with van der Waals surface area (Å²) in [4.78, 5) is 10.8. The number of nitrogens with zero attached hydrogens (tertiary/aromatic N) is 2. The molecular formula is C35H49N3O2S. The van der Waals surface area contributed by atoms with E-state index in [4.69, 9.17) is 14.7 Å². The molecule has 222 valence electrons. The van der Waals surface area contributed by atoms with E-state index in [0.29, 0.717) is 36.2 Å².